The van der Waals surface area contributed by atoms with Crippen LogP contribution in [0.2, 0.25) is 0 Å². The summed E-state index contributed by atoms with van der Waals surface area (Å²) in [5.74, 6) is 0. The highest BCUT2D eigenvalue weighted by Gasteiger charge is 2.09. The van der Waals surface area contributed by atoms with Crippen LogP contribution in [0.1, 0.15) is 17.8 Å². The highest BCUT2D eigenvalue weighted by Crippen LogP contribution is 2.17. The van der Waals surface area contributed by atoms with Gasteiger partial charge in [-0.3, -0.25) is 0 Å². The van der Waals surface area contributed by atoms with Gasteiger partial charge in [0.05, 0.1) is 0 Å². The number of nitrogens with one attached hydrogen (secondary N) is 1. The van der Waals surface area contributed by atoms with Crippen LogP contribution in [-0.2, 0) is 9.47 Å². The third-order valence-electron chi connectivity index (χ3n) is 2.09. The van der Waals surface area contributed by atoms with E-state index in [1.165, 1.54) is 4.88 Å². The van der Waals surface area contributed by atoms with Gasteiger partial charge in [-0.1, -0.05) is 6.07 Å². The summed E-state index contributed by atoms with van der Waals surface area (Å²) in [6.07, 6.45) is -0.169. The standard InChI is InChI=1S/C10H17NO2S/c1-8(9-5-4-6-14-9)11-7-10(12-2)13-3/h4-6,8,10-11H,7H2,1-3H3. The molecule has 0 aromatic carbocycles. The van der Waals surface area contributed by atoms with Gasteiger partial charge in [0.15, 0.2) is 6.29 Å². The molecule has 0 fully saturated rings. The molecule has 0 aliphatic rings. The molecule has 1 unspecified atom stereocenters. The second-order valence-electron chi connectivity index (χ2n) is 3.05. The molecular formula is C10H17NO2S. The number of thiophene rings is 1. The summed E-state index contributed by atoms with van der Waals surface area (Å²) < 4.78 is 10.2. The van der Waals surface area contributed by atoms with Crippen LogP contribution < -0.4 is 5.32 Å². The van der Waals surface area contributed by atoms with Gasteiger partial charge >= 0.3 is 0 Å². The van der Waals surface area contributed by atoms with Gasteiger partial charge in [-0.2, -0.15) is 0 Å². The molecule has 0 aliphatic carbocycles. The second-order valence-corrected chi connectivity index (χ2v) is 4.03. The van der Waals surface area contributed by atoms with E-state index in [-0.39, 0.29) is 6.29 Å². The highest BCUT2D eigenvalue weighted by atomic mass is 32.1. The van der Waals surface area contributed by atoms with Crippen molar-refractivity contribution in [1.29, 1.82) is 0 Å². The Morgan fingerprint density at radius 2 is 2.14 bits per heavy atom. The van der Waals surface area contributed by atoms with Crippen molar-refractivity contribution >= 4 is 11.3 Å². The van der Waals surface area contributed by atoms with Gasteiger partial charge in [-0.05, 0) is 18.4 Å². The minimum Gasteiger partial charge on any atom is -0.355 e. The van der Waals surface area contributed by atoms with Gasteiger partial charge in [0.1, 0.15) is 0 Å². The SMILES string of the molecule is COC(CNC(C)c1cccs1)OC. The molecule has 1 aromatic heterocycles. The molecule has 0 radical (unpaired) electrons. The number of rotatable bonds is 6. The minimum absolute atomic E-state index is 0.169. The first-order chi connectivity index (χ1) is 6.77. The van der Waals surface area contributed by atoms with E-state index in [1.807, 2.05) is 0 Å². The normalized spacial score (nSPS) is 13.4. The van der Waals surface area contributed by atoms with Crippen LogP contribution in [0, 0.1) is 0 Å². The van der Waals surface area contributed by atoms with Crippen LogP contribution in [0.5, 0.6) is 0 Å². The molecule has 3 nitrogen and oxygen atoms in total. The molecule has 1 N–H and O–H groups in total. The summed E-state index contributed by atoms with van der Waals surface area (Å²) in [5, 5.41) is 5.43. The lowest BCUT2D eigenvalue weighted by atomic mass is 10.3. The molecule has 1 atom stereocenters. The van der Waals surface area contributed by atoms with E-state index in [0.717, 1.165) is 0 Å². The Kier molecular flexibility index (Phi) is 5.11. The third-order valence-corrected chi connectivity index (χ3v) is 3.14. The average molecular weight is 215 g/mol. The minimum atomic E-state index is -0.169. The van der Waals surface area contributed by atoms with Crippen molar-refractivity contribution < 1.29 is 9.47 Å². The lowest BCUT2D eigenvalue weighted by molar-refractivity contribution is -0.0997. The van der Waals surface area contributed by atoms with Gasteiger partial charge in [0, 0.05) is 31.7 Å². The number of hydrogen-bond donors (Lipinski definition) is 1. The quantitative estimate of drug-likeness (QED) is 0.736. The van der Waals surface area contributed by atoms with E-state index in [4.69, 9.17) is 9.47 Å². The summed E-state index contributed by atoms with van der Waals surface area (Å²) in [5.41, 5.74) is 0. The molecule has 80 valence electrons. The first-order valence-corrected chi connectivity index (χ1v) is 5.48. The highest BCUT2D eigenvalue weighted by molar-refractivity contribution is 7.10. The zero-order chi connectivity index (χ0) is 10.4. The van der Waals surface area contributed by atoms with E-state index in [9.17, 15) is 0 Å². The maximum atomic E-state index is 5.09. The Morgan fingerprint density at radius 3 is 2.64 bits per heavy atom. The molecule has 4 heteroatoms. The molecular weight excluding hydrogens is 198 g/mol. The van der Waals surface area contributed by atoms with E-state index in [2.05, 4.69) is 29.8 Å². The van der Waals surface area contributed by atoms with E-state index >= 15 is 0 Å². The molecule has 1 aromatic rings. The Labute approximate surface area is 89.0 Å². The smallest absolute Gasteiger partial charge is 0.169 e. The average Bonchev–Trinajstić information content (AvgIpc) is 2.72. The predicted octanol–water partition coefficient (Wildman–Crippen LogP) is 2.02. The molecule has 1 heterocycles. The summed E-state index contributed by atoms with van der Waals surface area (Å²) in [7, 11) is 3.29. The van der Waals surface area contributed by atoms with Gasteiger partial charge in [0.2, 0.25) is 0 Å². The van der Waals surface area contributed by atoms with Crippen LogP contribution >= 0.6 is 11.3 Å². The first-order valence-electron chi connectivity index (χ1n) is 4.60. The topological polar surface area (TPSA) is 30.5 Å². The fourth-order valence-corrected chi connectivity index (χ4v) is 1.93. The number of ether oxygens (including phenoxy) is 2. The van der Waals surface area contributed by atoms with Crippen molar-refractivity contribution in [3.8, 4) is 0 Å². The molecule has 0 spiro atoms. The van der Waals surface area contributed by atoms with Gasteiger partial charge in [-0.15, -0.1) is 11.3 Å². The molecule has 0 saturated carbocycles. The largest absolute Gasteiger partial charge is 0.355 e. The predicted molar refractivity (Wildman–Crippen MR) is 58.5 cm³/mol. The fraction of sp³-hybridized carbons (Fsp3) is 0.600. The Balaban J connectivity index is 2.31. The van der Waals surface area contributed by atoms with E-state index in [0.29, 0.717) is 12.6 Å². The molecule has 0 saturated heterocycles. The molecule has 1 rings (SSSR count). The fourth-order valence-electron chi connectivity index (χ4n) is 1.17. The Bertz CT molecular complexity index is 234. The van der Waals surface area contributed by atoms with Crippen LogP contribution in [0.25, 0.3) is 0 Å². The van der Waals surface area contributed by atoms with Gasteiger partial charge in [0.25, 0.3) is 0 Å². The summed E-state index contributed by atoms with van der Waals surface area (Å²) in [4.78, 5) is 1.33. The van der Waals surface area contributed by atoms with Crippen molar-refractivity contribution in [2.45, 2.75) is 19.3 Å². The molecule has 14 heavy (non-hydrogen) atoms. The Morgan fingerprint density at radius 1 is 1.43 bits per heavy atom. The summed E-state index contributed by atoms with van der Waals surface area (Å²) in [6.45, 7) is 2.83. The zero-order valence-electron chi connectivity index (χ0n) is 8.82. The second kappa shape index (κ2) is 6.14. The zero-order valence-corrected chi connectivity index (χ0v) is 9.64. The van der Waals surface area contributed by atoms with E-state index < -0.39 is 0 Å². The van der Waals surface area contributed by atoms with Gasteiger partial charge < -0.3 is 14.8 Å². The summed E-state index contributed by atoms with van der Waals surface area (Å²) in [6, 6.07) is 4.53. The molecule has 0 bridgehead atoms. The lowest BCUT2D eigenvalue weighted by Crippen LogP contribution is -2.31. The van der Waals surface area contributed by atoms with Crippen LogP contribution in [0.3, 0.4) is 0 Å². The number of methoxy groups -OCH3 is 2. The maximum Gasteiger partial charge on any atom is 0.169 e. The van der Waals surface area contributed by atoms with Crippen molar-refractivity contribution in [3.05, 3.63) is 22.4 Å². The number of hydrogen-bond acceptors (Lipinski definition) is 4. The molecule has 0 aliphatic heterocycles. The monoisotopic (exact) mass is 215 g/mol. The first kappa shape index (κ1) is 11.7. The van der Waals surface area contributed by atoms with Crippen LogP contribution in [0.4, 0.5) is 0 Å². The van der Waals surface area contributed by atoms with Crippen molar-refractivity contribution in [2.24, 2.45) is 0 Å². The van der Waals surface area contributed by atoms with E-state index in [1.54, 1.807) is 25.6 Å². The van der Waals surface area contributed by atoms with Gasteiger partial charge in [-0.25, -0.2) is 0 Å². The third kappa shape index (κ3) is 3.38. The Hall–Kier alpha value is -0.420. The van der Waals surface area contributed by atoms with Crippen LogP contribution in [0.15, 0.2) is 17.5 Å². The van der Waals surface area contributed by atoms with Crippen LogP contribution in [-0.4, -0.2) is 27.1 Å². The summed E-state index contributed by atoms with van der Waals surface area (Å²) >= 11 is 1.75. The lowest BCUT2D eigenvalue weighted by Gasteiger charge is -2.17. The maximum absolute atomic E-state index is 5.09. The van der Waals surface area contributed by atoms with Crippen molar-refractivity contribution in [2.75, 3.05) is 20.8 Å². The van der Waals surface area contributed by atoms with Crippen molar-refractivity contribution in [1.82, 2.24) is 5.32 Å². The van der Waals surface area contributed by atoms with Crippen molar-refractivity contribution in [3.63, 3.8) is 0 Å². The molecule has 0 amide bonds.